The maximum atomic E-state index is 14.7. The number of halogens is 4. The molecule has 7 nitrogen and oxygen atoms in total. The van der Waals surface area contributed by atoms with Gasteiger partial charge in [0.25, 0.3) is 5.92 Å². The lowest BCUT2D eigenvalue weighted by atomic mass is 9.78. The monoisotopic (exact) mass is 494 g/mol. The lowest BCUT2D eigenvalue weighted by Crippen LogP contribution is -2.56. The fourth-order valence-corrected chi connectivity index (χ4v) is 4.49. The molecule has 0 unspecified atom stereocenters. The molecule has 35 heavy (non-hydrogen) atoms. The highest BCUT2D eigenvalue weighted by Crippen LogP contribution is 2.40. The lowest BCUT2D eigenvalue weighted by Gasteiger charge is -2.44. The van der Waals surface area contributed by atoms with Gasteiger partial charge >= 0.3 is 0 Å². The van der Waals surface area contributed by atoms with E-state index in [-0.39, 0.29) is 61.6 Å². The van der Waals surface area contributed by atoms with Crippen molar-refractivity contribution in [2.24, 2.45) is 11.8 Å². The smallest absolute Gasteiger partial charge is 0.253 e. The van der Waals surface area contributed by atoms with Gasteiger partial charge in [0, 0.05) is 44.5 Å². The van der Waals surface area contributed by atoms with Gasteiger partial charge in [0.05, 0.1) is 12.2 Å². The summed E-state index contributed by atoms with van der Waals surface area (Å²) in [5, 5.41) is 5.32. The highest BCUT2D eigenvalue weighted by Gasteiger charge is 2.49. The number of piperidine rings is 2. The Morgan fingerprint density at radius 1 is 1.29 bits per heavy atom. The molecule has 1 aromatic heterocycles. The van der Waals surface area contributed by atoms with Gasteiger partial charge in [0.15, 0.2) is 11.6 Å². The summed E-state index contributed by atoms with van der Waals surface area (Å²) in [5.74, 6) is -6.06. The van der Waals surface area contributed by atoms with Crippen LogP contribution in [0, 0.1) is 23.5 Å². The third-order valence-electron chi connectivity index (χ3n) is 6.62. The second-order valence-electron chi connectivity index (χ2n) is 8.94. The van der Waals surface area contributed by atoms with Crippen LogP contribution in [0.25, 0.3) is 0 Å². The minimum Gasteiger partial charge on any atom is -0.453 e. The zero-order valence-corrected chi connectivity index (χ0v) is 19.1. The number of hydrogen-bond acceptors (Lipinski definition) is 5. The number of benzene rings is 1. The van der Waals surface area contributed by atoms with Crippen molar-refractivity contribution in [3.8, 4) is 11.5 Å². The van der Waals surface area contributed by atoms with Crippen LogP contribution in [0.1, 0.15) is 26.2 Å². The van der Waals surface area contributed by atoms with Crippen molar-refractivity contribution in [2.75, 3.05) is 25.0 Å². The van der Waals surface area contributed by atoms with E-state index in [9.17, 15) is 27.2 Å². The molecule has 2 aromatic rings. The van der Waals surface area contributed by atoms with Crippen LogP contribution in [0.5, 0.6) is 11.5 Å². The third-order valence-corrected chi connectivity index (χ3v) is 6.62. The molecule has 0 aliphatic carbocycles. The molecule has 0 spiro atoms. The zero-order valence-electron chi connectivity index (χ0n) is 19.1. The summed E-state index contributed by atoms with van der Waals surface area (Å²) in [6, 6.07) is 5.15. The van der Waals surface area contributed by atoms with Crippen LogP contribution >= 0.6 is 0 Å². The number of nitrogens with zero attached hydrogens (tertiary/aromatic N) is 2. The summed E-state index contributed by atoms with van der Waals surface area (Å²) in [6.07, 6.45) is 1.55. The van der Waals surface area contributed by atoms with E-state index in [2.05, 4.69) is 15.6 Å². The largest absolute Gasteiger partial charge is 0.453 e. The number of nitrogens with one attached hydrogen (secondary N) is 2. The molecule has 188 valence electrons. The first kappa shape index (κ1) is 24.9. The van der Waals surface area contributed by atoms with Gasteiger partial charge < -0.3 is 15.4 Å². The molecule has 2 aliphatic heterocycles. The Labute approximate surface area is 199 Å². The number of rotatable bonds is 6. The van der Waals surface area contributed by atoms with Crippen molar-refractivity contribution in [3.63, 3.8) is 0 Å². The third kappa shape index (κ3) is 5.90. The van der Waals surface area contributed by atoms with Gasteiger partial charge in [0.1, 0.15) is 17.4 Å². The SMILES string of the molecule is C[C@@H](C(=O)Nc1ccc(Oc2ccc(F)cc2F)cn1)N1CCC(F)(F)[C@@H]([C@H]2CCC(=O)NC2)C1. The number of likely N-dealkylation sites (tertiary alicyclic amines) is 1. The highest BCUT2D eigenvalue weighted by atomic mass is 19.3. The summed E-state index contributed by atoms with van der Waals surface area (Å²) >= 11 is 0. The quantitative estimate of drug-likeness (QED) is 0.594. The van der Waals surface area contributed by atoms with Crippen LogP contribution < -0.4 is 15.4 Å². The standard InChI is InChI=1S/C24H26F4N4O3/c1-14(32-9-8-24(27,28)18(13-32)15-2-7-22(33)30-11-15)23(34)31-21-6-4-17(12-29-21)35-20-5-3-16(25)10-19(20)26/h3-6,10,12,14-15,18H,2,7-9,11,13H2,1H3,(H,30,33)(H,29,31,34)/t14-,15-,18+/m0/s1. The summed E-state index contributed by atoms with van der Waals surface area (Å²) in [7, 11) is 0. The van der Waals surface area contributed by atoms with Gasteiger partial charge in [-0.05, 0) is 43.5 Å². The molecule has 4 rings (SSSR count). The van der Waals surface area contributed by atoms with Gasteiger partial charge in [-0.1, -0.05) is 0 Å². The molecular weight excluding hydrogens is 468 g/mol. The van der Waals surface area contributed by atoms with E-state index >= 15 is 0 Å². The molecule has 2 amide bonds. The number of alkyl halides is 2. The van der Waals surface area contributed by atoms with Gasteiger partial charge in [-0.15, -0.1) is 0 Å². The van der Waals surface area contributed by atoms with Gasteiger partial charge in [-0.3, -0.25) is 14.5 Å². The Kier molecular flexibility index (Phi) is 7.25. The number of pyridine rings is 1. The molecular formula is C24H26F4N4O3. The number of carbonyl (C=O) groups excluding carboxylic acids is 2. The first-order valence-electron chi connectivity index (χ1n) is 11.4. The number of carbonyl (C=O) groups is 2. The van der Waals surface area contributed by atoms with E-state index in [1.54, 1.807) is 11.8 Å². The molecule has 0 saturated carbocycles. The minimum atomic E-state index is -2.86. The fourth-order valence-electron chi connectivity index (χ4n) is 4.49. The summed E-state index contributed by atoms with van der Waals surface area (Å²) < 4.78 is 61.5. The van der Waals surface area contributed by atoms with Crippen molar-refractivity contribution < 1.29 is 31.9 Å². The van der Waals surface area contributed by atoms with Crippen molar-refractivity contribution in [3.05, 3.63) is 48.2 Å². The normalized spacial score (nSPS) is 23.3. The Morgan fingerprint density at radius 2 is 2.09 bits per heavy atom. The fraction of sp³-hybridized carbons (Fsp3) is 0.458. The van der Waals surface area contributed by atoms with E-state index in [1.807, 2.05) is 0 Å². The molecule has 0 radical (unpaired) electrons. The Morgan fingerprint density at radius 3 is 2.74 bits per heavy atom. The van der Waals surface area contributed by atoms with Crippen LogP contribution in [0.4, 0.5) is 23.4 Å². The molecule has 11 heteroatoms. The molecule has 2 fully saturated rings. The summed E-state index contributed by atoms with van der Waals surface area (Å²) in [4.78, 5) is 30.0. The van der Waals surface area contributed by atoms with Gasteiger partial charge in [-0.25, -0.2) is 22.5 Å². The van der Waals surface area contributed by atoms with E-state index in [4.69, 9.17) is 4.74 Å². The van der Waals surface area contributed by atoms with Crippen LogP contribution in [-0.2, 0) is 9.59 Å². The molecule has 1 aromatic carbocycles. The second kappa shape index (κ2) is 10.2. The first-order valence-corrected chi connectivity index (χ1v) is 11.4. The molecule has 2 aliphatic rings. The maximum absolute atomic E-state index is 14.7. The van der Waals surface area contributed by atoms with Crippen molar-refractivity contribution >= 4 is 17.6 Å². The van der Waals surface area contributed by atoms with Crippen molar-refractivity contribution in [1.82, 2.24) is 15.2 Å². The molecule has 0 bridgehead atoms. The zero-order chi connectivity index (χ0) is 25.2. The van der Waals surface area contributed by atoms with E-state index in [0.717, 1.165) is 12.1 Å². The Balaban J connectivity index is 1.35. The average molecular weight is 494 g/mol. The first-order chi connectivity index (χ1) is 16.6. The maximum Gasteiger partial charge on any atom is 0.253 e. The van der Waals surface area contributed by atoms with Crippen LogP contribution in [0.3, 0.4) is 0 Å². The highest BCUT2D eigenvalue weighted by molar-refractivity contribution is 5.93. The number of aromatic nitrogens is 1. The Bertz CT molecular complexity index is 1070. The molecule has 2 saturated heterocycles. The second-order valence-corrected chi connectivity index (χ2v) is 8.94. The van der Waals surface area contributed by atoms with Crippen molar-refractivity contribution in [1.29, 1.82) is 0 Å². The number of ether oxygens (including phenoxy) is 1. The van der Waals surface area contributed by atoms with E-state index in [1.165, 1.54) is 18.3 Å². The van der Waals surface area contributed by atoms with Crippen LogP contribution in [0.2, 0.25) is 0 Å². The topological polar surface area (TPSA) is 83.6 Å². The Hall–Kier alpha value is -3.21. The molecule has 2 N–H and O–H groups in total. The molecule has 3 atom stereocenters. The minimum absolute atomic E-state index is 0.0472. The van der Waals surface area contributed by atoms with Gasteiger partial charge in [-0.2, -0.15) is 0 Å². The predicted octanol–water partition coefficient (Wildman–Crippen LogP) is 3.96. The predicted molar refractivity (Wildman–Crippen MR) is 119 cm³/mol. The van der Waals surface area contributed by atoms with Crippen molar-refractivity contribution in [2.45, 2.75) is 38.2 Å². The average Bonchev–Trinajstić information content (AvgIpc) is 2.82. The van der Waals surface area contributed by atoms with Crippen LogP contribution in [0.15, 0.2) is 36.5 Å². The number of amides is 2. The van der Waals surface area contributed by atoms with Crippen LogP contribution in [-0.4, -0.2) is 53.3 Å². The van der Waals surface area contributed by atoms with E-state index in [0.29, 0.717) is 12.5 Å². The summed E-state index contributed by atoms with van der Waals surface area (Å²) in [5.41, 5.74) is 0. The van der Waals surface area contributed by atoms with Gasteiger partial charge in [0.2, 0.25) is 11.8 Å². The summed E-state index contributed by atoms with van der Waals surface area (Å²) in [6.45, 7) is 1.98. The van der Waals surface area contributed by atoms with E-state index < -0.39 is 35.4 Å². The number of hydrogen-bond donors (Lipinski definition) is 2. The molecule has 3 heterocycles. The number of anilines is 1. The lowest BCUT2D eigenvalue weighted by molar-refractivity contribution is -0.145.